The Morgan fingerprint density at radius 2 is 0.600 bits per heavy atom. The van der Waals surface area contributed by atoms with Gasteiger partial charge in [-0.25, -0.2) is 24.0 Å². The monoisotopic (exact) mass is 1750 g/mol. The quantitative estimate of drug-likeness (QED) is 0.00449. The highest BCUT2D eigenvalue weighted by Gasteiger charge is 2.38. The molecule has 0 radical (unpaired) electrons. The molecular formula is C78H119ClN7O33P. The second-order valence-electron chi connectivity index (χ2n) is 28.6. The number of nitrogens with one attached hydrogen (secondary N) is 4. The van der Waals surface area contributed by atoms with Crippen LogP contribution in [0.3, 0.4) is 0 Å². The van der Waals surface area contributed by atoms with Crippen LogP contribution in [-0.2, 0) is 76.2 Å². The van der Waals surface area contributed by atoms with Crippen molar-refractivity contribution in [2.75, 3.05) is 19.6 Å². The van der Waals surface area contributed by atoms with Crippen molar-refractivity contribution in [3.8, 4) is 17.2 Å². The molecule has 5 unspecified atom stereocenters. The van der Waals surface area contributed by atoms with Gasteiger partial charge in [0.25, 0.3) is 17.1 Å². The summed E-state index contributed by atoms with van der Waals surface area (Å²) in [6.07, 6.45) is 5.63. The van der Waals surface area contributed by atoms with E-state index in [9.17, 15) is 87.9 Å². The number of nitrogens with zero attached hydrogens (tertiary/aromatic N) is 3. The van der Waals surface area contributed by atoms with E-state index in [4.69, 9.17) is 84.6 Å². The van der Waals surface area contributed by atoms with E-state index in [1.807, 2.05) is 0 Å². The van der Waals surface area contributed by atoms with Crippen LogP contribution in [0.25, 0.3) is 0 Å². The van der Waals surface area contributed by atoms with E-state index < -0.39 is 134 Å². The highest BCUT2D eigenvalue weighted by Crippen LogP contribution is 2.41. The number of hydrogen-bond donors (Lipinski definition) is 8. The summed E-state index contributed by atoms with van der Waals surface area (Å²) in [5, 5.41) is 80.2. The molecule has 3 fully saturated rings. The second kappa shape index (κ2) is 59.4. The van der Waals surface area contributed by atoms with Gasteiger partial charge in [0, 0.05) is 83.7 Å². The third-order valence-corrected chi connectivity index (χ3v) is 17.1. The lowest BCUT2D eigenvalue weighted by Gasteiger charge is -2.36. The van der Waals surface area contributed by atoms with E-state index in [0.29, 0.717) is 0 Å². The van der Waals surface area contributed by atoms with Crippen LogP contribution >= 0.6 is 20.6 Å². The van der Waals surface area contributed by atoms with Crippen LogP contribution in [-0.4, -0.2) is 158 Å². The number of nitro groups is 3. The zero-order chi connectivity index (χ0) is 90.1. The van der Waals surface area contributed by atoms with Crippen molar-refractivity contribution in [1.82, 2.24) is 16.0 Å². The Morgan fingerprint density at radius 1 is 0.383 bits per heavy atom. The molecule has 676 valence electrons. The summed E-state index contributed by atoms with van der Waals surface area (Å²) < 4.78 is 53.3. The van der Waals surface area contributed by atoms with Crippen LogP contribution in [0.2, 0.25) is 0 Å². The molecule has 40 nitrogen and oxygen atoms in total. The first-order chi connectivity index (χ1) is 55.2. The normalized spacial score (nSPS) is 14.8. The van der Waals surface area contributed by atoms with Gasteiger partial charge in [-0.3, -0.25) is 69.1 Å². The number of nitro benzene ring substituents is 3. The van der Waals surface area contributed by atoms with E-state index in [2.05, 4.69) is 29.7 Å². The topological polar surface area (TPSA) is 577 Å². The molecular weight excluding hydrogens is 1630 g/mol. The smallest absolute Gasteiger partial charge is 0.508 e. The molecule has 6 rings (SSSR count). The number of non-ortho nitro benzene ring substituents is 3. The minimum atomic E-state index is -1.09. The molecule has 3 amide bonds. The molecule has 0 heterocycles. The molecule has 5 atom stereocenters. The predicted octanol–water partition coefficient (Wildman–Crippen LogP) is 16.9. The molecule has 3 aliphatic carbocycles. The highest BCUT2D eigenvalue weighted by molar-refractivity contribution is 7.02. The highest BCUT2D eigenvalue weighted by atomic mass is 35.5. The molecule has 120 heavy (non-hydrogen) atoms. The molecule has 0 saturated heterocycles. The molecule has 0 bridgehead atoms. The summed E-state index contributed by atoms with van der Waals surface area (Å²) in [6.45, 7) is 21.4. The van der Waals surface area contributed by atoms with Crippen molar-refractivity contribution in [2.45, 2.75) is 251 Å². The summed E-state index contributed by atoms with van der Waals surface area (Å²) >= 11 is 5.39. The Balaban J connectivity index is -0.00000138. The van der Waals surface area contributed by atoms with Crippen LogP contribution < -0.4 is 25.4 Å². The number of halogens is 1. The number of carbonyl (C=O) groups excluding carboxylic acids is 9. The summed E-state index contributed by atoms with van der Waals surface area (Å²) in [6, 6.07) is 14.9. The molecule has 3 aromatic rings. The molecule has 3 saturated carbocycles. The third kappa shape index (κ3) is 50.5. The molecule has 3 aromatic carbocycles. The van der Waals surface area contributed by atoms with Gasteiger partial charge in [0.05, 0.1) is 57.7 Å². The number of phenols is 1. The first kappa shape index (κ1) is 113. The van der Waals surface area contributed by atoms with Gasteiger partial charge in [-0.15, -0.1) is 0 Å². The first-order valence-electron chi connectivity index (χ1n) is 37.6. The summed E-state index contributed by atoms with van der Waals surface area (Å²) in [5.74, 6) is -5.41. The maximum Gasteiger partial charge on any atom is 0.516 e. The average molecular weight is 1750 g/mol. The van der Waals surface area contributed by atoms with E-state index in [1.54, 1.807) is 55.4 Å². The average Bonchev–Trinajstić information content (AvgIpc) is 0.864. The van der Waals surface area contributed by atoms with Crippen LogP contribution in [0.15, 0.2) is 72.8 Å². The van der Waals surface area contributed by atoms with Gasteiger partial charge < -0.3 is 88.5 Å². The number of hydrogen-bond acceptors (Lipinski definition) is 31. The van der Waals surface area contributed by atoms with Gasteiger partial charge >= 0.3 is 72.4 Å². The van der Waals surface area contributed by atoms with Gasteiger partial charge in [-0.05, 0) is 107 Å². The fraction of sp³-hybridized carbons (Fsp3) is 0.615. The predicted molar refractivity (Wildman–Crippen MR) is 433 cm³/mol. The zero-order valence-corrected chi connectivity index (χ0v) is 70.1. The second-order valence-corrected chi connectivity index (χ2v) is 29.2. The van der Waals surface area contributed by atoms with Crippen LogP contribution in [0.5, 0.6) is 17.2 Å². The maximum atomic E-state index is 11.8. The number of carbonyl (C=O) groups is 12. The fourth-order valence-corrected chi connectivity index (χ4v) is 11.2. The third-order valence-electron chi connectivity index (χ3n) is 17.1. The number of carboxylic acid groups (broad SMARTS) is 3. The summed E-state index contributed by atoms with van der Waals surface area (Å²) in [5.41, 5.74) is -2.28. The van der Waals surface area contributed by atoms with Gasteiger partial charge in [0.15, 0.2) is 5.56 Å². The molecule has 0 aliphatic heterocycles. The van der Waals surface area contributed by atoms with E-state index >= 15 is 0 Å². The number of carboxylic acids is 3. The number of aromatic hydroxyl groups is 1. The SMILES string of the molecule is C.C.CC(Cl)OC(=O)Oc1ccc([N+](=O)[O-])cc1.CC(OC(=O)NCC1(CC(=O)O)CCCCC1)OC(=O)C(C)C.CC(OC(=O)NCC1(CC(=O)O)CCCCC1)OC(=O)C(C)C.CC(OC(=O)NCC1(CC(=O)O)CCCCC1)OC(=O)C(C)C.CC(OC(=O)Oc1ccc([N+](=O)[O-])cc1)OC(=O)C(C)C.N=P.O=[N+]([O-])c1ccc(O)cc1. The maximum absolute atomic E-state index is 11.8. The first-order valence-corrected chi connectivity index (χ1v) is 38.5. The van der Waals surface area contributed by atoms with Crippen molar-refractivity contribution >= 4 is 110 Å². The Kier molecular flexibility index (Phi) is 55.8. The van der Waals surface area contributed by atoms with Gasteiger partial charge in [-0.1, -0.05) is 140 Å². The van der Waals surface area contributed by atoms with E-state index in [1.165, 1.54) is 107 Å². The standard InChI is InChI=1S/3C16H27NO6.C13H15NO7.C9H8ClNO5.C6H5NO3.2CH4.H2NP/c3*1-11(2)14(20)22-12(3)23-15(21)17-10-16(9-13(18)19)7-5-4-6-8-16;1-8(2)12(15)19-9(3)20-13(16)21-11-6-4-10(5-7-11)14(17)18;1-6(10)15-9(12)16-8-4-2-7(3-5-8)11(13)14;8-6-3-1-5(2-4-6)7(9)10;;;1-2/h3*11-12H,4-10H2,1-3H3,(H,17,21)(H,18,19);4-9H,1-3H3;2-6H,1H3;1-4,8H;2*1H4;1-2H. The molecule has 42 heteroatoms. The van der Waals surface area contributed by atoms with E-state index in [-0.39, 0.29) is 112 Å². The van der Waals surface area contributed by atoms with Crippen molar-refractivity contribution in [1.29, 1.82) is 5.16 Å². The van der Waals surface area contributed by atoms with Crippen LogP contribution in [0.4, 0.5) is 41.0 Å². The number of amides is 3. The van der Waals surface area contributed by atoms with Crippen LogP contribution in [0, 0.1) is 75.4 Å². The number of phenolic OH excluding ortho intramolecular Hbond substituents is 1. The number of alkyl halides is 1. The fourth-order valence-electron chi connectivity index (χ4n) is 11.1. The molecule has 0 aromatic heterocycles. The molecule has 0 spiro atoms. The van der Waals surface area contributed by atoms with E-state index in [0.717, 1.165) is 96.3 Å². The number of rotatable bonds is 30. The number of alkyl carbamates (subject to hydrolysis) is 3. The summed E-state index contributed by atoms with van der Waals surface area (Å²) in [4.78, 5) is 166. The van der Waals surface area contributed by atoms with Crippen molar-refractivity contribution in [2.24, 2.45) is 39.9 Å². The summed E-state index contributed by atoms with van der Waals surface area (Å²) in [7, 11) is 2.22. The van der Waals surface area contributed by atoms with Gasteiger partial charge in [0.1, 0.15) is 17.2 Å². The Morgan fingerprint density at radius 3 is 0.808 bits per heavy atom. The van der Waals surface area contributed by atoms with Crippen molar-refractivity contribution in [3.63, 3.8) is 0 Å². The number of esters is 4. The lowest BCUT2D eigenvalue weighted by atomic mass is 9.72. The Hall–Kier alpha value is -11.3. The Labute approximate surface area is 704 Å². The molecule has 3 aliphatic rings. The lowest BCUT2D eigenvalue weighted by Crippen LogP contribution is -2.41. The van der Waals surface area contributed by atoms with Crippen LogP contribution in [0.1, 0.15) is 220 Å². The van der Waals surface area contributed by atoms with Crippen molar-refractivity contribution < 1.29 is 145 Å². The Bertz CT molecular complexity index is 3490. The largest absolute Gasteiger partial charge is 0.516 e. The zero-order valence-electron chi connectivity index (χ0n) is 68.3. The number of benzene rings is 3. The van der Waals surface area contributed by atoms with Gasteiger partial charge in [0.2, 0.25) is 25.2 Å². The lowest BCUT2D eigenvalue weighted by molar-refractivity contribution is -0.385. The van der Waals surface area contributed by atoms with Gasteiger partial charge in [-0.2, -0.15) is 0 Å². The number of ether oxygens (including phenoxy) is 11. The minimum Gasteiger partial charge on any atom is -0.508 e. The minimum absolute atomic E-state index is 0. The molecule has 8 N–H and O–H groups in total. The number of aliphatic carboxylic acids is 3. The van der Waals surface area contributed by atoms with Crippen molar-refractivity contribution in [3.05, 3.63) is 103 Å².